The Bertz CT molecular complexity index is 1770. The van der Waals surface area contributed by atoms with Crippen LogP contribution in [0.1, 0.15) is 0 Å². The van der Waals surface area contributed by atoms with Gasteiger partial charge in [0.25, 0.3) is 10.0 Å². The zero-order valence-electron chi connectivity index (χ0n) is 21.0. The summed E-state index contributed by atoms with van der Waals surface area (Å²) in [5.41, 5.74) is 5.29. The number of aromatic nitrogens is 1. The number of benzene rings is 5. The molecule has 0 atom stereocenters. The predicted octanol–water partition coefficient (Wildman–Crippen LogP) is 7.38. The van der Waals surface area contributed by atoms with Crippen LogP contribution < -0.4 is 9.47 Å². The summed E-state index contributed by atoms with van der Waals surface area (Å²) in [7, 11) is -0.554. The topological polar surface area (TPSA) is 57.5 Å². The quantitative estimate of drug-likeness (QED) is 0.230. The van der Waals surface area contributed by atoms with Gasteiger partial charge in [-0.05, 0) is 82.9 Å². The number of rotatable bonds is 6. The van der Waals surface area contributed by atoms with E-state index in [2.05, 4.69) is 12.1 Å². The fourth-order valence-corrected chi connectivity index (χ4v) is 6.42. The maximum Gasteiger partial charge on any atom is 0.268 e. The van der Waals surface area contributed by atoms with Crippen LogP contribution in [0.25, 0.3) is 44.1 Å². The van der Waals surface area contributed by atoms with Crippen molar-refractivity contribution in [2.75, 3.05) is 14.2 Å². The van der Waals surface area contributed by atoms with E-state index >= 15 is 0 Å². The van der Waals surface area contributed by atoms with Crippen molar-refractivity contribution < 1.29 is 17.9 Å². The summed E-state index contributed by atoms with van der Waals surface area (Å²) in [5.74, 6) is 1.56. The summed E-state index contributed by atoms with van der Waals surface area (Å²) in [4.78, 5) is 0.247. The molecule has 6 rings (SSSR count). The Labute approximate surface area is 221 Å². The smallest absolute Gasteiger partial charge is 0.268 e. The minimum atomic E-state index is -3.84. The van der Waals surface area contributed by atoms with E-state index in [-0.39, 0.29) is 4.90 Å². The second kappa shape index (κ2) is 9.39. The third-order valence-corrected chi connectivity index (χ3v) is 8.59. The molecule has 0 radical (unpaired) electrons. The van der Waals surface area contributed by atoms with Crippen LogP contribution in [-0.4, -0.2) is 26.6 Å². The second-order valence-corrected chi connectivity index (χ2v) is 10.8. The number of fused-ring (bicyclic) bond motifs is 3. The van der Waals surface area contributed by atoms with Gasteiger partial charge in [-0.3, -0.25) is 0 Å². The Morgan fingerprint density at radius 3 is 1.37 bits per heavy atom. The molecule has 1 aromatic heterocycles. The molecule has 0 saturated heterocycles. The van der Waals surface area contributed by atoms with Crippen LogP contribution in [0.2, 0.25) is 0 Å². The third-order valence-electron chi connectivity index (χ3n) is 6.85. The lowest BCUT2D eigenvalue weighted by Crippen LogP contribution is -2.12. The van der Waals surface area contributed by atoms with Gasteiger partial charge in [0.1, 0.15) is 11.5 Å². The molecule has 0 aliphatic carbocycles. The molecule has 0 fully saturated rings. The number of hydrogen-bond acceptors (Lipinski definition) is 4. The minimum absolute atomic E-state index is 0.247. The van der Waals surface area contributed by atoms with Crippen molar-refractivity contribution in [1.29, 1.82) is 0 Å². The first-order valence-electron chi connectivity index (χ1n) is 12.2. The summed E-state index contributed by atoms with van der Waals surface area (Å²) in [6, 6.07) is 36.1. The lowest BCUT2D eigenvalue weighted by atomic mass is 10.00. The fraction of sp³-hybridized carbons (Fsp3) is 0.0625. The lowest BCUT2D eigenvalue weighted by molar-refractivity contribution is 0.415. The first kappa shape index (κ1) is 23.8. The maximum absolute atomic E-state index is 13.9. The van der Waals surface area contributed by atoms with Crippen molar-refractivity contribution >= 4 is 31.8 Å². The van der Waals surface area contributed by atoms with E-state index in [1.165, 1.54) is 3.97 Å². The molecule has 0 spiro atoms. The summed E-state index contributed by atoms with van der Waals surface area (Å²) in [6.45, 7) is 0. The van der Waals surface area contributed by atoms with Crippen molar-refractivity contribution in [3.63, 3.8) is 0 Å². The predicted molar refractivity (Wildman–Crippen MR) is 152 cm³/mol. The molecule has 0 aliphatic heterocycles. The fourth-order valence-electron chi connectivity index (χ4n) is 4.87. The van der Waals surface area contributed by atoms with Crippen LogP contribution in [0.15, 0.2) is 120 Å². The van der Waals surface area contributed by atoms with Gasteiger partial charge in [-0.25, -0.2) is 12.4 Å². The first-order chi connectivity index (χ1) is 18.5. The van der Waals surface area contributed by atoms with Gasteiger partial charge in [0.05, 0.1) is 30.1 Å². The van der Waals surface area contributed by atoms with Crippen LogP contribution in [0.5, 0.6) is 11.5 Å². The highest BCUT2D eigenvalue weighted by Crippen LogP contribution is 2.37. The molecule has 0 amide bonds. The summed E-state index contributed by atoms with van der Waals surface area (Å²) < 4.78 is 39.9. The summed E-state index contributed by atoms with van der Waals surface area (Å²) >= 11 is 0. The van der Waals surface area contributed by atoms with E-state index in [0.29, 0.717) is 11.0 Å². The van der Waals surface area contributed by atoms with Gasteiger partial charge in [0.15, 0.2) is 0 Å². The Morgan fingerprint density at radius 2 is 0.947 bits per heavy atom. The van der Waals surface area contributed by atoms with E-state index in [9.17, 15) is 8.42 Å². The minimum Gasteiger partial charge on any atom is -0.497 e. The molecule has 0 unspecified atom stereocenters. The standard InChI is InChI=1S/C32H25NO4S/c1-36-26-14-8-22(9-15-26)24-12-18-31-29(20-24)30-21-25(23-10-16-27(37-2)17-11-23)13-19-32(30)33(31)38(34,35)28-6-4-3-5-7-28/h3-21H,1-2H3. The Kier molecular flexibility index (Phi) is 5.89. The third kappa shape index (κ3) is 3.99. The molecule has 188 valence electrons. The van der Waals surface area contributed by atoms with E-state index < -0.39 is 10.0 Å². The molecule has 5 aromatic carbocycles. The van der Waals surface area contributed by atoms with Gasteiger partial charge in [-0.15, -0.1) is 0 Å². The second-order valence-electron chi connectivity index (χ2n) is 9.00. The van der Waals surface area contributed by atoms with Crippen LogP contribution in [0, 0.1) is 0 Å². The van der Waals surface area contributed by atoms with Gasteiger partial charge in [0.2, 0.25) is 0 Å². The van der Waals surface area contributed by atoms with E-state index in [4.69, 9.17) is 9.47 Å². The van der Waals surface area contributed by atoms with Crippen molar-refractivity contribution in [2.24, 2.45) is 0 Å². The molecule has 38 heavy (non-hydrogen) atoms. The van der Waals surface area contributed by atoms with Gasteiger partial charge >= 0.3 is 0 Å². The van der Waals surface area contributed by atoms with Gasteiger partial charge < -0.3 is 9.47 Å². The highest BCUT2D eigenvalue weighted by molar-refractivity contribution is 7.90. The first-order valence-corrected chi connectivity index (χ1v) is 13.6. The molecule has 6 heteroatoms. The van der Waals surface area contributed by atoms with Crippen LogP contribution in [0.3, 0.4) is 0 Å². The number of ether oxygens (including phenoxy) is 2. The largest absolute Gasteiger partial charge is 0.497 e. The van der Waals surface area contributed by atoms with E-state index in [1.807, 2.05) is 78.9 Å². The zero-order chi connectivity index (χ0) is 26.3. The Hall–Kier alpha value is -4.55. The Morgan fingerprint density at radius 1 is 0.526 bits per heavy atom. The molecule has 5 nitrogen and oxygen atoms in total. The molecular weight excluding hydrogens is 494 g/mol. The van der Waals surface area contributed by atoms with Crippen molar-refractivity contribution in [3.05, 3.63) is 115 Å². The van der Waals surface area contributed by atoms with Crippen molar-refractivity contribution in [3.8, 4) is 33.8 Å². The average molecular weight is 520 g/mol. The molecular formula is C32H25NO4S. The summed E-state index contributed by atoms with van der Waals surface area (Å²) in [5, 5.41) is 1.73. The molecule has 0 N–H and O–H groups in total. The highest BCUT2D eigenvalue weighted by atomic mass is 32.2. The maximum atomic E-state index is 13.9. The lowest BCUT2D eigenvalue weighted by Gasteiger charge is -2.10. The van der Waals surface area contributed by atoms with E-state index in [0.717, 1.165) is 44.5 Å². The number of hydrogen-bond donors (Lipinski definition) is 0. The average Bonchev–Trinajstić information content (AvgIpc) is 3.31. The van der Waals surface area contributed by atoms with Gasteiger partial charge in [0, 0.05) is 10.8 Å². The van der Waals surface area contributed by atoms with E-state index in [1.54, 1.807) is 38.5 Å². The summed E-state index contributed by atoms with van der Waals surface area (Å²) in [6.07, 6.45) is 0. The van der Waals surface area contributed by atoms with Crippen LogP contribution >= 0.6 is 0 Å². The molecule has 6 aromatic rings. The highest BCUT2D eigenvalue weighted by Gasteiger charge is 2.24. The number of nitrogens with zero attached hydrogens (tertiary/aromatic N) is 1. The number of methoxy groups -OCH3 is 2. The Balaban J connectivity index is 1.61. The zero-order valence-corrected chi connectivity index (χ0v) is 21.8. The van der Waals surface area contributed by atoms with Gasteiger partial charge in [-0.2, -0.15) is 0 Å². The van der Waals surface area contributed by atoms with Crippen LogP contribution in [-0.2, 0) is 10.0 Å². The molecule has 0 saturated carbocycles. The SMILES string of the molecule is COc1ccc(-c2ccc3c(c2)c2cc(-c4ccc(OC)cc4)ccc2n3S(=O)(=O)c2ccccc2)cc1. The normalized spacial score (nSPS) is 11.6. The molecule has 0 bridgehead atoms. The van der Waals surface area contributed by atoms with Crippen molar-refractivity contribution in [2.45, 2.75) is 4.90 Å². The molecule has 0 aliphatic rings. The molecule has 1 heterocycles. The van der Waals surface area contributed by atoms with Crippen molar-refractivity contribution in [1.82, 2.24) is 3.97 Å². The van der Waals surface area contributed by atoms with Gasteiger partial charge in [-0.1, -0.05) is 54.6 Å². The van der Waals surface area contributed by atoms with Crippen LogP contribution in [0.4, 0.5) is 0 Å². The monoisotopic (exact) mass is 519 g/mol.